The van der Waals surface area contributed by atoms with E-state index in [0.29, 0.717) is 0 Å². The molecule has 0 aromatic carbocycles. The van der Waals surface area contributed by atoms with Crippen molar-refractivity contribution in [2.24, 2.45) is 17.1 Å². The second-order valence-corrected chi connectivity index (χ2v) is 4.27. The van der Waals surface area contributed by atoms with Crippen LogP contribution in [-0.4, -0.2) is 17.8 Å². The van der Waals surface area contributed by atoms with Gasteiger partial charge in [-0.3, -0.25) is 0 Å². The summed E-state index contributed by atoms with van der Waals surface area (Å²) >= 11 is 0. The van der Waals surface area contributed by atoms with E-state index in [-0.39, 0.29) is 18.1 Å². The van der Waals surface area contributed by atoms with E-state index >= 15 is 0 Å². The molecule has 2 heteroatoms. The minimum Gasteiger partial charge on any atom is -0.396 e. The first kappa shape index (κ1) is 10.0. The summed E-state index contributed by atoms with van der Waals surface area (Å²) in [6, 6.07) is 0.261. The Morgan fingerprint density at radius 2 is 2.17 bits per heavy atom. The molecule has 72 valence electrons. The van der Waals surface area contributed by atoms with Gasteiger partial charge >= 0.3 is 0 Å². The second kappa shape index (κ2) is 3.75. The average molecular weight is 171 g/mol. The van der Waals surface area contributed by atoms with Gasteiger partial charge in [0, 0.05) is 12.6 Å². The molecule has 2 nitrogen and oxygen atoms in total. The fourth-order valence-corrected chi connectivity index (χ4v) is 2.14. The monoisotopic (exact) mass is 171 g/mol. The van der Waals surface area contributed by atoms with Crippen molar-refractivity contribution in [2.75, 3.05) is 6.61 Å². The SMILES string of the molecule is CCC(N)C(C)(CCO)C1CC1. The average Bonchev–Trinajstić information content (AvgIpc) is 2.85. The summed E-state index contributed by atoms with van der Waals surface area (Å²) in [4.78, 5) is 0. The van der Waals surface area contributed by atoms with Gasteiger partial charge in [-0.2, -0.15) is 0 Å². The van der Waals surface area contributed by atoms with Gasteiger partial charge in [0.2, 0.25) is 0 Å². The Morgan fingerprint density at radius 3 is 2.50 bits per heavy atom. The van der Waals surface area contributed by atoms with Gasteiger partial charge in [0.1, 0.15) is 0 Å². The number of nitrogens with two attached hydrogens (primary N) is 1. The molecule has 0 aromatic heterocycles. The summed E-state index contributed by atoms with van der Waals surface area (Å²) in [5, 5.41) is 8.97. The van der Waals surface area contributed by atoms with Crippen LogP contribution in [-0.2, 0) is 0 Å². The fourth-order valence-electron chi connectivity index (χ4n) is 2.14. The lowest BCUT2D eigenvalue weighted by atomic mass is 9.74. The molecule has 3 N–H and O–H groups in total. The van der Waals surface area contributed by atoms with Crippen molar-refractivity contribution in [1.29, 1.82) is 0 Å². The Labute approximate surface area is 75.2 Å². The van der Waals surface area contributed by atoms with Crippen LogP contribution in [0.25, 0.3) is 0 Å². The lowest BCUT2D eigenvalue weighted by molar-refractivity contribution is 0.138. The summed E-state index contributed by atoms with van der Waals surface area (Å²) in [5.74, 6) is 0.777. The molecule has 0 heterocycles. The van der Waals surface area contributed by atoms with Crippen LogP contribution in [0.5, 0.6) is 0 Å². The van der Waals surface area contributed by atoms with Gasteiger partial charge < -0.3 is 10.8 Å². The van der Waals surface area contributed by atoms with Crippen molar-refractivity contribution < 1.29 is 5.11 Å². The molecule has 12 heavy (non-hydrogen) atoms. The molecule has 1 aliphatic rings. The zero-order valence-electron chi connectivity index (χ0n) is 8.21. The van der Waals surface area contributed by atoms with Gasteiger partial charge in [0.05, 0.1) is 0 Å². The molecule has 0 radical (unpaired) electrons. The Morgan fingerprint density at radius 1 is 1.58 bits per heavy atom. The van der Waals surface area contributed by atoms with E-state index in [1.165, 1.54) is 12.8 Å². The molecule has 0 aromatic rings. The van der Waals surface area contributed by atoms with Crippen LogP contribution in [0.15, 0.2) is 0 Å². The summed E-state index contributed by atoms with van der Waals surface area (Å²) in [5.41, 5.74) is 6.27. The van der Waals surface area contributed by atoms with Crippen LogP contribution in [0, 0.1) is 11.3 Å². The largest absolute Gasteiger partial charge is 0.396 e. The summed E-state index contributed by atoms with van der Waals surface area (Å²) < 4.78 is 0. The highest BCUT2D eigenvalue weighted by Crippen LogP contribution is 2.49. The molecular formula is C10H21NO. The third-order valence-electron chi connectivity index (χ3n) is 3.45. The molecule has 0 saturated heterocycles. The highest BCUT2D eigenvalue weighted by atomic mass is 16.3. The van der Waals surface area contributed by atoms with Crippen molar-refractivity contribution in [3.8, 4) is 0 Å². The second-order valence-electron chi connectivity index (χ2n) is 4.27. The van der Waals surface area contributed by atoms with Crippen molar-refractivity contribution >= 4 is 0 Å². The number of hydrogen-bond donors (Lipinski definition) is 2. The maximum absolute atomic E-state index is 8.97. The predicted molar refractivity (Wildman–Crippen MR) is 50.8 cm³/mol. The molecule has 1 rings (SSSR count). The van der Waals surface area contributed by atoms with E-state index in [2.05, 4.69) is 13.8 Å². The molecule has 1 saturated carbocycles. The molecule has 2 atom stereocenters. The van der Waals surface area contributed by atoms with E-state index < -0.39 is 0 Å². The molecule has 0 bridgehead atoms. The lowest BCUT2D eigenvalue weighted by Gasteiger charge is -2.35. The third-order valence-corrected chi connectivity index (χ3v) is 3.45. The Bertz CT molecular complexity index is 145. The lowest BCUT2D eigenvalue weighted by Crippen LogP contribution is -2.41. The minimum absolute atomic E-state index is 0.198. The van der Waals surface area contributed by atoms with E-state index in [4.69, 9.17) is 10.8 Å². The first-order chi connectivity index (χ1) is 5.65. The highest BCUT2D eigenvalue weighted by molar-refractivity contribution is 4.96. The quantitative estimate of drug-likeness (QED) is 0.659. The van der Waals surface area contributed by atoms with Gasteiger partial charge in [0.25, 0.3) is 0 Å². The molecule has 0 aliphatic heterocycles. The molecule has 2 unspecified atom stereocenters. The highest BCUT2D eigenvalue weighted by Gasteiger charge is 2.44. The third kappa shape index (κ3) is 1.80. The smallest absolute Gasteiger partial charge is 0.0436 e. The molecule has 1 aliphatic carbocycles. The standard InChI is InChI=1S/C10H21NO/c1-3-9(11)10(2,6-7-12)8-4-5-8/h8-9,12H,3-7,11H2,1-2H3. The number of aliphatic hydroxyl groups excluding tert-OH is 1. The fraction of sp³-hybridized carbons (Fsp3) is 1.00. The van der Waals surface area contributed by atoms with Gasteiger partial charge in [-0.05, 0) is 37.0 Å². The van der Waals surface area contributed by atoms with E-state index in [9.17, 15) is 0 Å². The zero-order chi connectivity index (χ0) is 9.19. The van der Waals surface area contributed by atoms with Crippen molar-refractivity contribution in [3.05, 3.63) is 0 Å². The topological polar surface area (TPSA) is 46.2 Å². The van der Waals surface area contributed by atoms with Crippen LogP contribution in [0.4, 0.5) is 0 Å². The van der Waals surface area contributed by atoms with Crippen LogP contribution < -0.4 is 5.73 Å². The first-order valence-electron chi connectivity index (χ1n) is 5.01. The van der Waals surface area contributed by atoms with E-state index in [1.54, 1.807) is 0 Å². The maximum Gasteiger partial charge on any atom is 0.0436 e. The van der Waals surface area contributed by atoms with Crippen LogP contribution >= 0.6 is 0 Å². The molecule has 0 amide bonds. The minimum atomic E-state index is 0.198. The number of aliphatic hydroxyl groups is 1. The molecule has 1 fully saturated rings. The van der Waals surface area contributed by atoms with Crippen LogP contribution in [0.2, 0.25) is 0 Å². The number of rotatable bonds is 5. The zero-order valence-corrected chi connectivity index (χ0v) is 8.21. The van der Waals surface area contributed by atoms with Crippen molar-refractivity contribution in [3.63, 3.8) is 0 Å². The predicted octanol–water partition coefficient (Wildman–Crippen LogP) is 1.52. The first-order valence-corrected chi connectivity index (χ1v) is 5.01. The number of hydrogen-bond acceptors (Lipinski definition) is 2. The normalized spacial score (nSPS) is 25.0. The van der Waals surface area contributed by atoms with Crippen LogP contribution in [0.1, 0.15) is 39.5 Å². The maximum atomic E-state index is 8.97. The Hall–Kier alpha value is -0.0800. The van der Waals surface area contributed by atoms with Crippen molar-refractivity contribution in [1.82, 2.24) is 0 Å². The Balaban J connectivity index is 2.56. The van der Waals surface area contributed by atoms with Gasteiger partial charge in [-0.25, -0.2) is 0 Å². The summed E-state index contributed by atoms with van der Waals surface area (Å²) in [7, 11) is 0. The summed E-state index contributed by atoms with van der Waals surface area (Å²) in [6.45, 7) is 4.64. The molecule has 0 spiro atoms. The van der Waals surface area contributed by atoms with E-state index in [0.717, 1.165) is 18.8 Å². The molecular weight excluding hydrogens is 150 g/mol. The van der Waals surface area contributed by atoms with E-state index in [1.807, 2.05) is 0 Å². The van der Waals surface area contributed by atoms with Crippen LogP contribution in [0.3, 0.4) is 0 Å². The van der Waals surface area contributed by atoms with Gasteiger partial charge in [0.15, 0.2) is 0 Å². The van der Waals surface area contributed by atoms with Gasteiger partial charge in [-0.15, -0.1) is 0 Å². The van der Waals surface area contributed by atoms with Gasteiger partial charge in [-0.1, -0.05) is 13.8 Å². The Kier molecular flexibility index (Phi) is 3.13. The van der Waals surface area contributed by atoms with Crippen molar-refractivity contribution in [2.45, 2.75) is 45.6 Å². The summed E-state index contributed by atoms with van der Waals surface area (Å²) in [6.07, 6.45) is 4.51.